The minimum absolute atomic E-state index is 0.117. The Labute approximate surface area is 205 Å². The molecule has 2 amide bonds. The molecule has 3 rings (SSSR count). The number of benzene rings is 3. The molecule has 1 atom stereocenters. The van der Waals surface area contributed by atoms with Crippen LogP contribution in [0.4, 0.5) is 4.39 Å². The molecule has 0 aliphatic heterocycles. The second kappa shape index (κ2) is 12.9. The summed E-state index contributed by atoms with van der Waals surface area (Å²) in [5.74, 6) is 0.321. The highest BCUT2D eigenvalue weighted by molar-refractivity contribution is 7.99. The van der Waals surface area contributed by atoms with E-state index in [2.05, 4.69) is 11.4 Å². The van der Waals surface area contributed by atoms with Crippen molar-refractivity contribution in [2.24, 2.45) is 0 Å². The topological polar surface area (TPSA) is 49.4 Å². The molecule has 0 spiro atoms. The van der Waals surface area contributed by atoms with E-state index in [0.29, 0.717) is 18.7 Å². The van der Waals surface area contributed by atoms with Crippen LogP contribution in [0.2, 0.25) is 0 Å². The van der Waals surface area contributed by atoms with Gasteiger partial charge in [0.15, 0.2) is 0 Å². The van der Waals surface area contributed by atoms with Gasteiger partial charge in [0, 0.05) is 25.3 Å². The quantitative estimate of drug-likeness (QED) is 0.415. The number of carbonyl (C=O) groups excluding carboxylic acids is 2. The maximum Gasteiger partial charge on any atom is 0.243 e. The number of nitrogens with one attached hydrogen (secondary N) is 1. The normalized spacial score (nSPS) is 11.6. The van der Waals surface area contributed by atoms with Crippen LogP contribution in [0.1, 0.15) is 29.2 Å². The van der Waals surface area contributed by atoms with Crippen LogP contribution < -0.4 is 5.32 Å². The average molecular weight is 479 g/mol. The van der Waals surface area contributed by atoms with Gasteiger partial charge in [0.2, 0.25) is 11.8 Å². The summed E-state index contributed by atoms with van der Waals surface area (Å²) in [6.45, 7) is 4.62. The molecule has 0 saturated heterocycles. The minimum Gasteiger partial charge on any atom is -0.355 e. The van der Waals surface area contributed by atoms with Crippen molar-refractivity contribution in [3.05, 3.63) is 107 Å². The molecule has 0 bridgehead atoms. The lowest BCUT2D eigenvalue weighted by atomic mass is 10.0. The van der Waals surface area contributed by atoms with Gasteiger partial charge in [-0.3, -0.25) is 9.59 Å². The fourth-order valence-corrected chi connectivity index (χ4v) is 4.63. The molecule has 0 aliphatic rings. The van der Waals surface area contributed by atoms with E-state index in [1.165, 1.54) is 29.5 Å². The highest BCUT2D eigenvalue weighted by Crippen LogP contribution is 2.19. The van der Waals surface area contributed by atoms with Crippen LogP contribution in [0.25, 0.3) is 0 Å². The second-order valence-electron chi connectivity index (χ2n) is 8.23. The van der Waals surface area contributed by atoms with Gasteiger partial charge in [0.05, 0.1) is 5.75 Å². The number of thioether (sulfide) groups is 1. The van der Waals surface area contributed by atoms with E-state index >= 15 is 0 Å². The van der Waals surface area contributed by atoms with E-state index in [1.54, 1.807) is 17.0 Å². The maximum absolute atomic E-state index is 13.5. The molecular formula is C28H31FN2O2S. The van der Waals surface area contributed by atoms with Crippen LogP contribution in [-0.2, 0) is 28.3 Å². The third kappa shape index (κ3) is 7.73. The summed E-state index contributed by atoms with van der Waals surface area (Å²) in [6.07, 6.45) is 0.405. The van der Waals surface area contributed by atoms with Crippen molar-refractivity contribution >= 4 is 23.6 Å². The Kier molecular flexibility index (Phi) is 9.71. The monoisotopic (exact) mass is 478 g/mol. The lowest BCUT2D eigenvalue weighted by molar-refractivity contribution is -0.139. The number of rotatable bonds is 11. The molecule has 6 heteroatoms. The van der Waals surface area contributed by atoms with Crippen LogP contribution in [-0.4, -0.2) is 35.1 Å². The Balaban J connectivity index is 1.81. The largest absolute Gasteiger partial charge is 0.355 e. The Morgan fingerprint density at radius 2 is 1.65 bits per heavy atom. The zero-order valence-electron chi connectivity index (χ0n) is 19.7. The van der Waals surface area contributed by atoms with Crippen molar-refractivity contribution in [1.82, 2.24) is 10.2 Å². The number of likely N-dealkylation sites (N-methyl/N-ethyl adjacent to an activating group) is 1. The number of halogens is 1. The van der Waals surface area contributed by atoms with Gasteiger partial charge < -0.3 is 10.2 Å². The van der Waals surface area contributed by atoms with Gasteiger partial charge in [-0.1, -0.05) is 72.3 Å². The highest BCUT2D eigenvalue weighted by Gasteiger charge is 2.30. The first kappa shape index (κ1) is 25.5. The van der Waals surface area contributed by atoms with E-state index in [1.807, 2.05) is 62.4 Å². The van der Waals surface area contributed by atoms with Crippen LogP contribution in [0.5, 0.6) is 0 Å². The van der Waals surface area contributed by atoms with Crippen molar-refractivity contribution < 1.29 is 14.0 Å². The number of hydrogen-bond acceptors (Lipinski definition) is 3. The Bertz CT molecular complexity index is 1070. The highest BCUT2D eigenvalue weighted by atomic mass is 32.2. The molecule has 0 heterocycles. The third-order valence-electron chi connectivity index (χ3n) is 5.47. The van der Waals surface area contributed by atoms with Crippen LogP contribution >= 0.6 is 11.8 Å². The molecule has 178 valence electrons. The van der Waals surface area contributed by atoms with Crippen molar-refractivity contribution in [1.29, 1.82) is 0 Å². The summed E-state index contributed by atoms with van der Waals surface area (Å²) in [6, 6.07) is 23.3. The first-order chi connectivity index (χ1) is 16.5. The summed E-state index contributed by atoms with van der Waals surface area (Å²) in [7, 11) is 0. The molecule has 0 unspecified atom stereocenters. The fraction of sp³-hybridized carbons (Fsp3) is 0.286. The number of aryl methyl sites for hydroxylation is 1. The van der Waals surface area contributed by atoms with Crippen LogP contribution in [0.3, 0.4) is 0 Å². The van der Waals surface area contributed by atoms with E-state index in [-0.39, 0.29) is 29.9 Å². The SMILES string of the molecule is CCNC(=O)[C@@H](Cc1ccccc1)N(Cc1ccc(F)cc1)C(=O)CSCc1cccc(C)c1. The van der Waals surface area contributed by atoms with Crippen molar-refractivity contribution in [2.75, 3.05) is 12.3 Å². The van der Waals surface area contributed by atoms with Crippen molar-refractivity contribution in [3.63, 3.8) is 0 Å². The number of hydrogen-bond donors (Lipinski definition) is 1. The fourth-order valence-electron chi connectivity index (χ4n) is 3.77. The Morgan fingerprint density at radius 3 is 2.32 bits per heavy atom. The van der Waals surface area contributed by atoms with Gasteiger partial charge in [-0.05, 0) is 42.7 Å². The third-order valence-corrected chi connectivity index (χ3v) is 6.45. The summed E-state index contributed by atoms with van der Waals surface area (Å²) < 4.78 is 13.5. The summed E-state index contributed by atoms with van der Waals surface area (Å²) in [4.78, 5) is 28.2. The lowest BCUT2D eigenvalue weighted by Gasteiger charge is -2.31. The standard InChI is InChI=1S/C28H31FN2O2S/c1-3-30-28(33)26(17-22-9-5-4-6-10-22)31(18-23-12-14-25(29)15-13-23)27(32)20-34-19-24-11-7-8-21(2)16-24/h4-16,26H,3,17-20H2,1-2H3,(H,30,33)/t26-/m1/s1. The van der Waals surface area contributed by atoms with Crippen LogP contribution in [0.15, 0.2) is 78.9 Å². The molecule has 0 aromatic heterocycles. The predicted molar refractivity (Wildman–Crippen MR) is 137 cm³/mol. The molecule has 34 heavy (non-hydrogen) atoms. The zero-order chi connectivity index (χ0) is 24.3. The second-order valence-corrected chi connectivity index (χ2v) is 9.22. The molecule has 1 N–H and O–H groups in total. The molecule has 0 fully saturated rings. The maximum atomic E-state index is 13.5. The summed E-state index contributed by atoms with van der Waals surface area (Å²) >= 11 is 1.53. The molecule has 0 saturated carbocycles. The van der Waals surface area contributed by atoms with Crippen LogP contribution in [0, 0.1) is 12.7 Å². The first-order valence-corrected chi connectivity index (χ1v) is 12.6. The smallest absolute Gasteiger partial charge is 0.243 e. The number of carbonyl (C=O) groups is 2. The van der Waals surface area contributed by atoms with Gasteiger partial charge in [-0.2, -0.15) is 0 Å². The van der Waals surface area contributed by atoms with Gasteiger partial charge in [0.1, 0.15) is 11.9 Å². The van der Waals surface area contributed by atoms with Crippen molar-refractivity contribution in [2.45, 2.75) is 38.6 Å². The number of nitrogens with zero attached hydrogens (tertiary/aromatic N) is 1. The van der Waals surface area contributed by atoms with Gasteiger partial charge in [-0.15, -0.1) is 11.8 Å². The zero-order valence-corrected chi connectivity index (χ0v) is 20.5. The molecule has 3 aromatic carbocycles. The van der Waals surface area contributed by atoms with E-state index in [4.69, 9.17) is 0 Å². The molecule has 0 aliphatic carbocycles. The van der Waals surface area contributed by atoms with E-state index in [0.717, 1.165) is 16.7 Å². The molecule has 0 radical (unpaired) electrons. The summed E-state index contributed by atoms with van der Waals surface area (Å²) in [5, 5.41) is 2.88. The predicted octanol–water partition coefficient (Wildman–Crippen LogP) is 5.14. The van der Waals surface area contributed by atoms with Gasteiger partial charge in [-0.25, -0.2) is 4.39 Å². The average Bonchev–Trinajstić information content (AvgIpc) is 2.83. The molecule has 3 aromatic rings. The van der Waals surface area contributed by atoms with Gasteiger partial charge >= 0.3 is 0 Å². The minimum atomic E-state index is -0.667. The summed E-state index contributed by atoms with van der Waals surface area (Å²) in [5.41, 5.74) is 4.10. The molecule has 4 nitrogen and oxygen atoms in total. The number of amides is 2. The van der Waals surface area contributed by atoms with E-state index in [9.17, 15) is 14.0 Å². The van der Waals surface area contributed by atoms with E-state index < -0.39 is 6.04 Å². The lowest BCUT2D eigenvalue weighted by Crippen LogP contribution is -2.51. The molecular weight excluding hydrogens is 447 g/mol. The Morgan fingerprint density at radius 1 is 0.941 bits per heavy atom. The van der Waals surface area contributed by atoms with Crippen molar-refractivity contribution in [3.8, 4) is 0 Å². The first-order valence-electron chi connectivity index (χ1n) is 11.4. The Hall–Kier alpha value is -3.12. The van der Waals surface area contributed by atoms with Gasteiger partial charge in [0.25, 0.3) is 0 Å².